The zero-order valence-corrected chi connectivity index (χ0v) is 22.5. The summed E-state index contributed by atoms with van der Waals surface area (Å²) in [4.78, 5) is 0. The lowest BCUT2D eigenvalue weighted by Crippen LogP contribution is -2.55. The lowest BCUT2D eigenvalue weighted by molar-refractivity contribution is -0.132. The Hall–Kier alpha value is -0.0800. The second-order valence-electron chi connectivity index (χ2n) is 13.4. The average molecular weight is 447 g/mol. The highest BCUT2D eigenvalue weighted by atomic mass is 14.6. The first-order chi connectivity index (χ1) is 15.3. The zero-order chi connectivity index (χ0) is 23.4. The van der Waals surface area contributed by atoms with Gasteiger partial charge in [-0.1, -0.05) is 66.7 Å². The highest BCUT2D eigenvalue weighted by Crippen LogP contribution is 2.68. The monoisotopic (exact) mass is 446 g/mol. The maximum Gasteiger partial charge on any atom is -0.00653 e. The van der Waals surface area contributed by atoms with Crippen LogP contribution in [0.1, 0.15) is 125 Å². The second-order valence-corrected chi connectivity index (χ2v) is 13.4. The topological polar surface area (TPSA) is 52.0 Å². The Morgan fingerprint density at radius 3 is 2.16 bits per heavy atom. The molecule has 0 heterocycles. The summed E-state index contributed by atoms with van der Waals surface area (Å²) in [5.41, 5.74) is 11.5. The SMILES string of the molecule is CC(C)CCCCC1CCC2C3CC(C)C4CCCCC4(C)C3CCC12C.NCCCN. The number of rotatable bonds is 7. The van der Waals surface area contributed by atoms with Crippen LogP contribution in [0.3, 0.4) is 0 Å². The second kappa shape index (κ2) is 11.6. The molecule has 0 spiro atoms. The average Bonchev–Trinajstić information content (AvgIpc) is 3.09. The van der Waals surface area contributed by atoms with E-state index in [9.17, 15) is 0 Å². The minimum atomic E-state index is 0.691. The van der Waals surface area contributed by atoms with E-state index in [4.69, 9.17) is 11.5 Å². The molecule has 4 N–H and O–H groups in total. The van der Waals surface area contributed by atoms with Crippen molar-refractivity contribution in [2.45, 2.75) is 125 Å². The van der Waals surface area contributed by atoms with E-state index in [2.05, 4.69) is 34.6 Å². The molecule has 8 atom stereocenters. The van der Waals surface area contributed by atoms with Crippen molar-refractivity contribution >= 4 is 0 Å². The van der Waals surface area contributed by atoms with Crippen LogP contribution in [-0.2, 0) is 0 Å². The third kappa shape index (κ3) is 5.42. The van der Waals surface area contributed by atoms with Gasteiger partial charge in [-0.15, -0.1) is 0 Å². The van der Waals surface area contributed by atoms with Gasteiger partial charge in [-0.05, 0) is 123 Å². The summed E-state index contributed by atoms with van der Waals surface area (Å²) >= 11 is 0. The fourth-order valence-corrected chi connectivity index (χ4v) is 9.45. The molecule has 0 radical (unpaired) electrons. The summed E-state index contributed by atoms with van der Waals surface area (Å²) in [5.74, 6) is 7.17. The first-order valence-corrected chi connectivity index (χ1v) is 14.7. The molecule has 188 valence electrons. The Labute approximate surface area is 201 Å². The summed E-state index contributed by atoms with van der Waals surface area (Å²) in [5, 5.41) is 0. The molecule has 4 fully saturated rings. The van der Waals surface area contributed by atoms with Crippen molar-refractivity contribution in [3.8, 4) is 0 Å². The summed E-state index contributed by atoms with van der Waals surface area (Å²) in [6.07, 6.45) is 20.8. The van der Waals surface area contributed by atoms with Gasteiger partial charge in [0.2, 0.25) is 0 Å². The largest absolute Gasteiger partial charge is 0.330 e. The molecule has 0 aliphatic heterocycles. The fourth-order valence-electron chi connectivity index (χ4n) is 9.45. The van der Waals surface area contributed by atoms with Crippen LogP contribution in [0.2, 0.25) is 0 Å². The summed E-state index contributed by atoms with van der Waals surface area (Å²) < 4.78 is 0. The van der Waals surface area contributed by atoms with E-state index in [1.807, 2.05) is 0 Å². The molecule has 0 aromatic rings. The van der Waals surface area contributed by atoms with Gasteiger partial charge in [0, 0.05) is 0 Å². The molecule has 4 aliphatic rings. The van der Waals surface area contributed by atoms with Crippen molar-refractivity contribution in [3.63, 3.8) is 0 Å². The van der Waals surface area contributed by atoms with Crippen molar-refractivity contribution in [2.75, 3.05) is 13.1 Å². The molecular weight excluding hydrogens is 388 g/mol. The van der Waals surface area contributed by atoms with E-state index in [-0.39, 0.29) is 0 Å². The van der Waals surface area contributed by atoms with E-state index in [0.29, 0.717) is 10.8 Å². The molecule has 2 heteroatoms. The van der Waals surface area contributed by atoms with Crippen LogP contribution in [0.5, 0.6) is 0 Å². The number of fused-ring (bicyclic) bond motifs is 5. The van der Waals surface area contributed by atoms with Crippen LogP contribution in [0.25, 0.3) is 0 Å². The van der Waals surface area contributed by atoms with Crippen LogP contribution < -0.4 is 11.5 Å². The Morgan fingerprint density at radius 1 is 0.781 bits per heavy atom. The fraction of sp³-hybridized carbons (Fsp3) is 1.00. The lowest BCUT2D eigenvalue weighted by Gasteiger charge is -2.62. The van der Waals surface area contributed by atoms with E-state index < -0.39 is 0 Å². The highest BCUT2D eigenvalue weighted by Gasteiger charge is 2.60. The molecule has 32 heavy (non-hydrogen) atoms. The van der Waals surface area contributed by atoms with Crippen molar-refractivity contribution in [2.24, 2.45) is 63.7 Å². The van der Waals surface area contributed by atoms with Crippen molar-refractivity contribution in [3.05, 3.63) is 0 Å². The highest BCUT2D eigenvalue weighted by molar-refractivity contribution is 5.09. The minimum Gasteiger partial charge on any atom is -0.330 e. The van der Waals surface area contributed by atoms with E-state index in [1.54, 1.807) is 44.9 Å². The molecule has 4 rings (SSSR count). The van der Waals surface area contributed by atoms with Crippen molar-refractivity contribution < 1.29 is 0 Å². The molecule has 0 aromatic heterocycles. The molecule has 8 unspecified atom stereocenters. The first-order valence-electron chi connectivity index (χ1n) is 14.7. The maximum atomic E-state index is 5.06. The third-order valence-corrected chi connectivity index (χ3v) is 11.1. The van der Waals surface area contributed by atoms with Gasteiger partial charge in [0.25, 0.3) is 0 Å². The standard InChI is InChI=1S/C27H48.C3H10N2/c1-19(2)10-6-7-11-21-13-14-24-22-18-20(3)23-12-8-9-16-27(23,5)25(22)15-17-26(21,24)4;4-2-1-3-5/h19-25H,6-18H2,1-5H3;1-5H2. The smallest absolute Gasteiger partial charge is 0.00653 e. The van der Waals surface area contributed by atoms with Gasteiger partial charge in [-0.2, -0.15) is 0 Å². The predicted octanol–water partition coefficient (Wildman–Crippen LogP) is 7.79. The number of hydrogen-bond acceptors (Lipinski definition) is 2. The Bertz CT molecular complexity index is 557. The Balaban J connectivity index is 0.000000523. The summed E-state index contributed by atoms with van der Waals surface area (Å²) in [7, 11) is 0. The predicted molar refractivity (Wildman–Crippen MR) is 140 cm³/mol. The van der Waals surface area contributed by atoms with Gasteiger partial charge < -0.3 is 11.5 Å². The van der Waals surface area contributed by atoms with Crippen LogP contribution in [0.4, 0.5) is 0 Å². The van der Waals surface area contributed by atoms with Gasteiger partial charge >= 0.3 is 0 Å². The Kier molecular flexibility index (Phi) is 9.59. The molecular formula is C30H58N2. The third-order valence-electron chi connectivity index (χ3n) is 11.1. The molecule has 0 bridgehead atoms. The maximum absolute atomic E-state index is 5.06. The van der Waals surface area contributed by atoms with E-state index in [0.717, 1.165) is 60.9 Å². The van der Waals surface area contributed by atoms with Crippen LogP contribution in [0, 0.1) is 52.3 Å². The lowest BCUT2D eigenvalue weighted by atomic mass is 9.43. The normalized spacial score (nSPS) is 43.1. The molecule has 4 aliphatic carbocycles. The van der Waals surface area contributed by atoms with Crippen LogP contribution in [0.15, 0.2) is 0 Å². The zero-order valence-electron chi connectivity index (χ0n) is 22.5. The number of unbranched alkanes of at least 4 members (excludes halogenated alkanes) is 1. The molecule has 0 amide bonds. The number of nitrogens with two attached hydrogens (primary N) is 2. The van der Waals surface area contributed by atoms with Gasteiger partial charge in [0.15, 0.2) is 0 Å². The van der Waals surface area contributed by atoms with Crippen molar-refractivity contribution in [1.82, 2.24) is 0 Å². The van der Waals surface area contributed by atoms with Gasteiger partial charge in [-0.25, -0.2) is 0 Å². The van der Waals surface area contributed by atoms with Crippen LogP contribution >= 0.6 is 0 Å². The molecule has 0 aromatic carbocycles. The van der Waals surface area contributed by atoms with Gasteiger partial charge in [0.05, 0.1) is 0 Å². The van der Waals surface area contributed by atoms with Gasteiger partial charge in [0.1, 0.15) is 0 Å². The number of hydrogen-bond donors (Lipinski definition) is 2. The van der Waals surface area contributed by atoms with Gasteiger partial charge in [-0.3, -0.25) is 0 Å². The molecule has 0 saturated heterocycles. The Morgan fingerprint density at radius 2 is 1.50 bits per heavy atom. The van der Waals surface area contributed by atoms with Crippen LogP contribution in [-0.4, -0.2) is 13.1 Å². The quantitative estimate of drug-likeness (QED) is 0.392. The van der Waals surface area contributed by atoms with E-state index >= 15 is 0 Å². The van der Waals surface area contributed by atoms with E-state index in [1.165, 1.54) is 38.5 Å². The summed E-state index contributed by atoms with van der Waals surface area (Å²) in [6.45, 7) is 14.3. The summed E-state index contributed by atoms with van der Waals surface area (Å²) in [6, 6.07) is 0. The minimum absolute atomic E-state index is 0.691. The first kappa shape index (κ1) is 26.5. The molecule has 4 saturated carbocycles. The molecule has 2 nitrogen and oxygen atoms in total. The van der Waals surface area contributed by atoms with Crippen molar-refractivity contribution in [1.29, 1.82) is 0 Å².